The number of piperidine rings is 1. The highest BCUT2D eigenvalue weighted by Gasteiger charge is 2.12. The predicted octanol–water partition coefficient (Wildman–Crippen LogP) is 2.94. The molecule has 94 valence electrons. The first-order valence-electron chi connectivity index (χ1n) is 6.64. The second kappa shape index (κ2) is 6.06. The molecule has 1 unspecified atom stereocenters. The number of ether oxygens (including phenoxy) is 1. The highest BCUT2D eigenvalue weighted by atomic mass is 16.5. The van der Waals surface area contributed by atoms with Gasteiger partial charge in [0.05, 0.1) is 7.11 Å². The van der Waals surface area contributed by atoms with Crippen LogP contribution >= 0.6 is 0 Å². The highest BCUT2D eigenvalue weighted by molar-refractivity contribution is 5.36. The second-order valence-corrected chi connectivity index (χ2v) is 5.06. The van der Waals surface area contributed by atoms with Crippen LogP contribution in [-0.4, -0.2) is 20.2 Å². The summed E-state index contributed by atoms with van der Waals surface area (Å²) in [5.41, 5.74) is 2.68. The van der Waals surface area contributed by atoms with Crippen molar-refractivity contribution in [3.05, 3.63) is 29.3 Å². The van der Waals surface area contributed by atoms with Crippen LogP contribution in [-0.2, 0) is 6.42 Å². The molecule has 0 spiro atoms. The third-order valence-electron chi connectivity index (χ3n) is 3.70. The van der Waals surface area contributed by atoms with Gasteiger partial charge in [-0.25, -0.2) is 0 Å². The smallest absolute Gasteiger partial charge is 0.121 e. The van der Waals surface area contributed by atoms with E-state index < -0.39 is 0 Å². The fourth-order valence-corrected chi connectivity index (χ4v) is 2.64. The molecule has 0 amide bonds. The quantitative estimate of drug-likeness (QED) is 0.863. The molecule has 2 nitrogen and oxygen atoms in total. The summed E-state index contributed by atoms with van der Waals surface area (Å²) < 4.78 is 5.28. The Bertz CT molecular complexity index is 356. The standard InChI is InChI=1S/C15H23NO/c1-12-10-13(7-8-15(12)17-2)5-6-14-4-3-9-16-11-14/h7-8,10,14,16H,3-6,9,11H2,1-2H3. The predicted molar refractivity (Wildman–Crippen MR) is 71.6 cm³/mol. The Kier molecular flexibility index (Phi) is 4.43. The zero-order chi connectivity index (χ0) is 12.1. The van der Waals surface area contributed by atoms with Gasteiger partial charge >= 0.3 is 0 Å². The van der Waals surface area contributed by atoms with Crippen molar-refractivity contribution >= 4 is 0 Å². The number of hydrogen-bond donors (Lipinski definition) is 1. The summed E-state index contributed by atoms with van der Waals surface area (Å²) in [5.74, 6) is 1.86. The lowest BCUT2D eigenvalue weighted by Gasteiger charge is -2.22. The first kappa shape index (κ1) is 12.4. The van der Waals surface area contributed by atoms with Crippen molar-refractivity contribution in [2.45, 2.75) is 32.6 Å². The normalized spacial score (nSPS) is 20.2. The molecule has 0 radical (unpaired) electrons. The average molecular weight is 233 g/mol. The molecule has 1 heterocycles. The monoisotopic (exact) mass is 233 g/mol. The molecule has 2 rings (SSSR count). The zero-order valence-corrected chi connectivity index (χ0v) is 11.0. The molecule has 1 aromatic carbocycles. The van der Waals surface area contributed by atoms with Crippen molar-refractivity contribution in [1.82, 2.24) is 5.32 Å². The molecule has 0 bridgehead atoms. The molecule has 1 aliphatic rings. The van der Waals surface area contributed by atoms with Gasteiger partial charge in [-0.15, -0.1) is 0 Å². The Hall–Kier alpha value is -1.02. The lowest BCUT2D eigenvalue weighted by Crippen LogP contribution is -2.29. The summed E-state index contributed by atoms with van der Waals surface area (Å²) in [6.45, 7) is 4.53. The van der Waals surface area contributed by atoms with E-state index in [1.165, 1.54) is 49.9 Å². The van der Waals surface area contributed by atoms with Crippen LogP contribution in [0.25, 0.3) is 0 Å². The van der Waals surface area contributed by atoms with Crippen molar-refractivity contribution in [3.63, 3.8) is 0 Å². The molecular formula is C15H23NO. The van der Waals surface area contributed by atoms with Crippen LogP contribution in [0.3, 0.4) is 0 Å². The van der Waals surface area contributed by atoms with E-state index in [4.69, 9.17) is 4.74 Å². The minimum absolute atomic E-state index is 0.867. The Morgan fingerprint density at radius 3 is 2.94 bits per heavy atom. The van der Waals surface area contributed by atoms with Crippen LogP contribution in [0.1, 0.15) is 30.4 Å². The van der Waals surface area contributed by atoms with Crippen LogP contribution in [0, 0.1) is 12.8 Å². The molecule has 0 aliphatic carbocycles. The number of aryl methyl sites for hydroxylation is 2. The molecule has 1 atom stereocenters. The summed E-state index contributed by atoms with van der Waals surface area (Å²) in [6, 6.07) is 6.54. The number of methoxy groups -OCH3 is 1. The van der Waals surface area contributed by atoms with Gasteiger partial charge in [0.15, 0.2) is 0 Å². The first-order valence-corrected chi connectivity index (χ1v) is 6.64. The number of nitrogens with one attached hydrogen (secondary N) is 1. The van der Waals surface area contributed by atoms with E-state index in [0.29, 0.717) is 0 Å². The minimum Gasteiger partial charge on any atom is -0.496 e. The van der Waals surface area contributed by atoms with Crippen molar-refractivity contribution < 1.29 is 4.74 Å². The topological polar surface area (TPSA) is 21.3 Å². The van der Waals surface area contributed by atoms with Crippen LogP contribution in [0.4, 0.5) is 0 Å². The number of rotatable bonds is 4. The van der Waals surface area contributed by atoms with E-state index in [-0.39, 0.29) is 0 Å². The Balaban J connectivity index is 1.87. The van der Waals surface area contributed by atoms with Gasteiger partial charge < -0.3 is 10.1 Å². The van der Waals surface area contributed by atoms with Gasteiger partial charge in [-0.3, -0.25) is 0 Å². The summed E-state index contributed by atoms with van der Waals surface area (Å²) in [6.07, 6.45) is 5.23. The van der Waals surface area contributed by atoms with Gasteiger partial charge in [0.2, 0.25) is 0 Å². The Labute approximate surface area is 104 Å². The van der Waals surface area contributed by atoms with Crippen molar-refractivity contribution in [2.24, 2.45) is 5.92 Å². The fraction of sp³-hybridized carbons (Fsp3) is 0.600. The van der Waals surface area contributed by atoms with E-state index in [2.05, 4.69) is 30.4 Å². The van der Waals surface area contributed by atoms with Gasteiger partial charge in [-0.2, -0.15) is 0 Å². The zero-order valence-electron chi connectivity index (χ0n) is 11.0. The van der Waals surface area contributed by atoms with E-state index in [0.717, 1.165) is 11.7 Å². The van der Waals surface area contributed by atoms with Crippen molar-refractivity contribution in [1.29, 1.82) is 0 Å². The lowest BCUT2D eigenvalue weighted by atomic mass is 9.92. The summed E-state index contributed by atoms with van der Waals surface area (Å²) in [4.78, 5) is 0. The van der Waals surface area contributed by atoms with E-state index in [1.54, 1.807) is 7.11 Å². The maximum absolute atomic E-state index is 5.28. The van der Waals surface area contributed by atoms with Gasteiger partial charge in [0, 0.05) is 0 Å². The molecule has 1 fully saturated rings. The first-order chi connectivity index (χ1) is 8.29. The van der Waals surface area contributed by atoms with Gasteiger partial charge in [0.25, 0.3) is 0 Å². The summed E-state index contributed by atoms with van der Waals surface area (Å²) in [5, 5.41) is 3.48. The largest absolute Gasteiger partial charge is 0.496 e. The molecule has 0 saturated carbocycles. The van der Waals surface area contributed by atoms with Crippen LogP contribution < -0.4 is 10.1 Å². The van der Waals surface area contributed by atoms with Gasteiger partial charge in [0.1, 0.15) is 5.75 Å². The third kappa shape index (κ3) is 3.47. The Morgan fingerprint density at radius 2 is 2.29 bits per heavy atom. The van der Waals surface area contributed by atoms with Crippen molar-refractivity contribution in [2.75, 3.05) is 20.2 Å². The lowest BCUT2D eigenvalue weighted by molar-refractivity contribution is 0.358. The summed E-state index contributed by atoms with van der Waals surface area (Å²) >= 11 is 0. The fourth-order valence-electron chi connectivity index (χ4n) is 2.64. The van der Waals surface area contributed by atoms with E-state index in [9.17, 15) is 0 Å². The molecule has 1 aromatic rings. The maximum Gasteiger partial charge on any atom is 0.121 e. The maximum atomic E-state index is 5.28. The number of benzene rings is 1. The van der Waals surface area contributed by atoms with Crippen molar-refractivity contribution in [3.8, 4) is 5.75 Å². The highest BCUT2D eigenvalue weighted by Crippen LogP contribution is 2.21. The SMILES string of the molecule is COc1ccc(CCC2CCCNC2)cc1C. The second-order valence-electron chi connectivity index (χ2n) is 5.06. The van der Waals surface area contributed by atoms with Crippen LogP contribution in [0.15, 0.2) is 18.2 Å². The molecule has 1 aliphatic heterocycles. The molecule has 1 saturated heterocycles. The molecule has 1 N–H and O–H groups in total. The van der Waals surface area contributed by atoms with Gasteiger partial charge in [-0.05, 0) is 68.8 Å². The molecular weight excluding hydrogens is 210 g/mol. The van der Waals surface area contributed by atoms with Crippen LogP contribution in [0.2, 0.25) is 0 Å². The average Bonchev–Trinajstić information content (AvgIpc) is 2.38. The molecule has 2 heteroatoms. The van der Waals surface area contributed by atoms with Gasteiger partial charge in [-0.1, -0.05) is 12.1 Å². The number of hydrogen-bond acceptors (Lipinski definition) is 2. The van der Waals surface area contributed by atoms with Crippen LogP contribution in [0.5, 0.6) is 5.75 Å². The molecule has 0 aromatic heterocycles. The Morgan fingerprint density at radius 1 is 1.41 bits per heavy atom. The summed E-state index contributed by atoms with van der Waals surface area (Å²) in [7, 11) is 1.73. The third-order valence-corrected chi connectivity index (χ3v) is 3.70. The molecule has 17 heavy (non-hydrogen) atoms. The van der Waals surface area contributed by atoms with E-state index >= 15 is 0 Å². The minimum atomic E-state index is 0.867. The van der Waals surface area contributed by atoms with E-state index in [1.807, 2.05) is 0 Å².